The number of halogens is 1. The van der Waals surface area contributed by atoms with Gasteiger partial charge in [0.2, 0.25) is 0 Å². The molecule has 1 aromatic heterocycles. The van der Waals surface area contributed by atoms with Gasteiger partial charge in [0, 0.05) is 11.1 Å². The maximum absolute atomic E-state index is 12.2. The van der Waals surface area contributed by atoms with Crippen molar-refractivity contribution in [3.05, 3.63) is 70.9 Å². The molecule has 0 unspecified atom stereocenters. The van der Waals surface area contributed by atoms with E-state index in [4.69, 9.17) is 16.3 Å². The molecule has 5 nitrogen and oxygen atoms in total. The fourth-order valence-electron chi connectivity index (χ4n) is 2.33. The molecular formula is C19H18ClN3O2. The summed E-state index contributed by atoms with van der Waals surface area (Å²) < 4.78 is 7.17. The van der Waals surface area contributed by atoms with E-state index >= 15 is 0 Å². The number of aryl methyl sites for hydroxylation is 2. The highest BCUT2D eigenvalue weighted by atomic mass is 35.5. The lowest BCUT2D eigenvalue weighted by atomic mass is 10.2. The van der Waals surface area contributed by atoms with Gasteiger partial charge in [0.15, 0.2) is 6.61 Å². The van der Waals surface area contributed by atoms with Crippen LogP contribution >= 0.6 is 11.6 Å². The van der Waals surface area contributed by atoms with Crippen LogP contribution in [0.3, 0.4) is 0 Å². The molecule has 0 saturated carbocycles. The largest absolute Gasteiger partial charge is 0.484 e. The zero-order valence-corrected chi connectivity index (χ0v) is 14.7. The van der Waals surface area contributed by atoms with E-state index in [2.05, 4.69) is 10.4 Å². The first kappa shape index (κ1) is 17.0. The standard InChI is InChI=1S/C19H18ClN3O2/c1-13-3-7-16(8-4-13)23-18(11-14(2)22-23)21-19(24)12-25-17-9-5-15(20)6-10-17/h3-11H,12H2,1-2H3,(H,21,24). The second-order valence-corrected chi connectivity index (χ2v) is 6.15. The van der Waals surface area contributed by atoms with Gasteiger partial charge in [-0.25, -0.2) is 4.68 Å². The van der Waals surface area contributed by atoms with Gasteiger partial charge in [0.1, 0.15) is 11.6 Å². The second kappa shape index (κ2) is 7.40. The molecule has 1 N–H and O–H groups in total. The molecule has 0 fully saturated rings. The number of carbonyl (C=O) groups excluding carboxylic acids is 1. The molecule has 0 bridgehead atoms. The molecule has 0 atom stereocenters. The summed E-state index contributed by atoms with van der Waals surface area (Å²) in [6.07, 6.45) is 0. The van der Waals surface area contributed by atoms with Crippen molar-refractivity contribution in [2.45, 2.75) is 13.8 Å². The average Bonchev–Trinajstić information content (AvgIpc) is 2.95. The van der Waals surface area contributed by atoms with Crippen LogP contribution in [-0.4, -0.2) is 22.3 Å². The Kier molecular flexibility index (Phi) is 5.05. The zero-order chi connectivity index (χ0) is 17.8. The van der Waals surface area contributed by atoms with E-state index in [1.807, 2.05) is 44.2 Å². The number of carbonyl (C=O) groups is 1. The summed E-state index contributed by atoms with van der Waals surface area (Å²) in [4.78, 5) is 12.2. The summed E-state index contributed by atoms with van der Waals surface area (Å²) in [5, 5.41) is 7.89. The van der Waals surface area contributed by atoms with Crippen molar-refractivity contribution in [2.75, 3.05) is 11.9 Å². The Balaban J connectivity index is 1.69. The molecule has 0 saturated heterocycles. The van der Waals surface area contributed by atoms with E-state index in [1.165, 1.54) is 0 Å². The maximum Gasteiger partial charge on any atom is 0.263 e. The van der Waals surface area contributed by atoms with Crippen LogP contribution in [0.4, 0.5) is 5.82 Å². The predicted octanol–water partition coefficient (Wildman–Crippen LogP) is 4.16. The molecule has 0 aliphatic carbocycles. The third-order valence-electron chi connectivity index (χ3n) is 3.56. The summed E-state index contributed by atoms with van der Waals surface area (Å²) in [6.45, 7) is 3.80. The number of hydrogen-bond donors (Lipinski definition) is 1. The molecule has 0 aliphatic heterocycles. The van der Waals surface area contributed by atoms with E-state index in [9.17, 15) is 4.79 Å². The lowest BCUT2D eigenvalue weighted by molar-refractivity contribution is -0.118. The van der Waals surface area contributed by atoms with Gasteiger partial charge < -0.3 is 10.1 Å². The highest BCUT2D eigenvalue weighted by Crippen LogP contribution is 2.18. The molecule has 6 heteroatoms. The van der Waals surface area contributed by atoms with E-state index in [1.54, 1.807) is 28.9 Å². The van der Waals surface area contributed by atoms with E-state index in [0.717, 1.165) is 16.9 Å². The highest BCUT2D eigenvalue weighted by Gasteiger charge is 2.11. The minimum Gasteiger partial charge on any atom is -0.484 e. The van der Waals surface area contributed by atoms with Gasteiger partial charge in [-0.05, 0) is 50.2 Å². The number of nitrogens with zero attached hydrogens (tertiary/aromatic N) is 2. The lowest BCUT2D eigenvalue weighted by Crippen LogP contribution is -2.21. The topological polar surface area (TPSA) is 56.2 Å². The minimum absolute atomic E-state index is 0.0975. The molecule has 1 amide bonds. The van der Waals surface area contributed by atoms with Gasteiger partial charge in [-0.1, -0.05) is 29.3 Å². The number of benzene rings is 2. The van der Waals surface area contributed by atoms with Gasteiger partial charge in [0.05, 0.1) is 11.4 Å². The Morgan fingerprint density at radius 3 is 2.48 bits per heavy atom. The first-order valence-electron chi connectivity index (χ1n) is 7.83. The Morgan fingerprint density at radius 1 is 1.12 bits per heavy atom. The highest BCUT2D eigenvalue weighted by molar-refractivity contribution is 6.30. The van der Waals surface area contributed by atoms with Crippen molar-refractivity contribution < 1.29 is 9.53 Å². The smallest absolute Gasteiger partial charge is 0.263 e. The summed E-state index contributed by atoms with van der Waals surface area (Å²) in [6, 6.07) is 16.6. The third kappa shape index (κ3) is 4.39. The van der Waals surface area contributed by atoms with Gasteiger partial charge in [-0.3, -0.25) is 4.79 Å². The molecule has 1 heterocycles. The molecule has 25 heavy (non-hydrogen) atoms. The van der Waals surface area contributed by atoms with Crippen molar-refractivity contribution >= 4 is 23.3 Å². The van der Waals surface area contributed by atoms with Gasteiger partial charge in [-0.2, -0.15) is 5.10 Å². The summed E-state index contributed by atoms with van der Waals surface area (Å²) in [5.41, 5.74) is 2.86. The summed E-state index contributed by atoms with van der Waals surface area (Å²) in [5.74, 6) is 0.928. The van der Waals surface area contributed by atoms with Crippen molar-refractivity contribution in [3.63, 3.8) is 0 Å². The molecular weight excluding hydrogens is 338 g/mol. The van der Waals surface area contributed by atoms with E-state index < -0.39 is 0 Å². The molecule has 0 aliphatic rings. The molecule has 128 valence electrons. The number of amides is 1. The van der Waals surface area contributed by atoms with Gasteiger partial charge in [0.25, 0.3) is 5.91 Å². The molecule has 3 aromatic rings. The number of hydrogen-bond acceptors (Lipinski definition) is 3. The minimum atomic E-state index is -0.261. The normalized spacial score (nSPS) is 10.5. The summed E-state index contributed by atoms with van der Waals surface area (Å²) >= 11 is 5.82. The number of rotatable bonds is 5. The number of aromatic nitrogens is 2. The fourth-order valence-corrected chi connectivity index (χ4v) is 2.46. The predicted molar refractivity (Wildman–Crippen MR) is 98.6 cm³/mol. The second-order valence-electron chi connectivity index (χ2n) is 5.71. The van der Waals surface area contributed by atoms with Crippen LogP contribution in [0.25, 0.3) is 5.69 Å². The first-order valence-corrected chi connectivity index (χ1v) is 8.21. The Labute approximate surface area is 151 Å². The van der Waals surface area contributed by atoms with E-state index in [-0.39, 0.29) is 12.5 Å². The Morgan fingerprint density at radius 2 is 1.80 bits per heavy atom. The fraction of sp³-hybridized carbons (Fsp3) is 0.158. The SMILES string of the molecule is Cc1ccc(-n2nc(C)cc2NC(=O)COc2ccc(Cl)cc2)cc1. The first-order chi connectivity index (χ1) is 12.0. The molecule has 3 rings (SSSR count). The number of nitrogens with one attached hydrogen (secondary N) is 1. The number of anilines is 1. The van der Waals surface area contributed by atoms with Gasteiger partial charge in [-0.15, -0.1) is 0 Å². The molecule has 0 spiro atoms. The maximum atomic E-state index is 12.2. The number of ether oxygens (including phenoxy) is 1. The van der Waals surface area contributed by atoms with Crippen LogP contribution in [0.1, 0.15) is 11.3 Å². The van der Waals surface area contributed by atoms with Crippen LogP contribution < -0.4 is 10.1 Å². The Bertz CT molecular complexity index is 871. The molecule has 2 aromatic carbocycles. The van der Waals surface area contributed by atoms with Crippen LogP contribution in [0.15, 0.2) is 54.6 Å². The van der Waals surface area contributed by atoms with Crippen molar-refractivity contribution in [1.29, 1.82) is 0 Å². The van der Waals surface area contributed by atoms with Crippen molar-refractivity contribution in [1.82, 2.24) is 9.78 Å². The summed E-state index contributed by atoms with van der Waals surface area (Å²) in [7, 11) is 0. The van der Waals surface area contributed by atoms with Crippen LogP contribution in [0.2, 0.25) is 5.02 Å². The molecule has 0 radical (unpaired) electrons. The van der Waals surface area contributed by atoms with Crippen LogP contribution in [0.5, 0.6) is 5.75 Å². The zero-order valence-electron chi connectivity index (χ0n) is 14.0. The third-order valence-corrected chi connectivity index (χ3v) is 3.81. The lowest BCUT2D eigenvalue weighted by Gasteiger charge is -2.10. The Hall–Kier alpha value is -2.79. The average molecular weight is 356 g/mol. The van der Waals surface area contributed by atoms with E-state index in [0.29, 0.717) is 16.6 Å². The van der Waals surface area contributed by atoms with Gasteiger partial charge >= 0.3 is 0 Å². The quantitative estimate of drug-likeness (QED) is 0.747. The van der Waals surface area contributed by atoms with Crippen molar-refractivity contribution in [2.24, 2.45) is 0 Å². The van der Waals surface area contributed by atoms with Crippen molar-refractivity contribution in [3.8, 4) is 11.4 Å². The van der Waals surface area contributed by atoms with Crippen LogP contribution in [-0.2, 0) is 4.79 Å². The van der Waals surface area contributed by atoms with Crippen LogP contribution in [0, 0.1) is 13.8 Å². The monoisotopic (exact) mass is 355 g/mol.